The van der Waals surface area contributed by atoms with Crippen LogP contribution in [0.3, 0.4) is 0 Å². The molecule has 102 valence electrons. The highest BCUT2D eigenvalue weighted by Gasteiger charge is 2.12. The van der Waals surface area contributed by atoms with Crippen LogP contribution in [0.5, 0.6) is 0 Å². The molecule has 0 spiro atoms. The van der Waals surface area contributed by atoms with Gasteiger partial charge >= 0.3 is 0 Å². The fourth-order valence-corrected chi connectivity index (χ4v) is 3.05. The minimum absolute atomic E-state index is 0.523. The van der Waals surface area contributed by atoms with Crippen LogP contribution in [0.4, 0.5) is 0 Å². The summed E-state index contributed by atoms with van der Waals surface area (Å²) in [5.74, 6) is 0.523. The molecule has 0 bridgehead atoms. The van der Waals surface area contributed by atoms with E-state index in [9.17, 15) is 0 Å². The second-order valence-electron chi connectivity index (χ2n) is 5.32. The van der Waals surface area contributed by atoms with Crippen LogP contribution in [0.1, 0.15) is 56.2 Å². The van der Waals surface area contributed by atoms with E-state index in [0.717, 1.165) is 18.7 Å². The number of nitrogens with one attached hydrogen (secondary N) is 1. The normalized spacial score (nSPS) is 20.5. The predicted molar refractivity (Wildman–Crippen MR) is 76.1 cm³/mol. The summed E-state index contributed by atoms with van der Waals surface area (Å²) in [4.78, 5) is 4.57. The molecule has 1 N–H and O–H groups in total. The minimum atomic E-state index is 0.523. The number of nitrogens with zero attached hydrogens (tertiary/aromatic N) is 1. The zero-order valence-corrected chi connectivity index (χ0v) is 12.3. The number of thiazole rings is 1. The van der Waals surface area contributed by atoms with Gasteiger partial charge in [-0.1, -0.05) is 20.3 Å². The molecule has 1 aromatic heterocycles. The summed E-state index contributed by atoms with van der Waals surface area (Å²) >= 11 is 1.74. The maximum Gasteiger partial charge on any atom is 0.0954 e. The molecule has 2 rings (SSSR count). The highest BCUT2D eigenvalue weighted by atomic mass is 32.1. The summed E-state index contributed by atoms with van der Waals surface area (Å²) in [5, 5.41) is 6.87. The second kappa shape index (κ2) is 7.22. The van der Waals surface area contributed by atoms with Crippen LogP contribution in [0.25, 0.3) is 0 Å². The molecule has 1 aromatic rings. The predicted octanol–water partition coefficient (Wildman–Crippen LogP) is 3.32. The minimum Gasteiger partial charge on any atom is -0.375 e. The summed E-state index contributed by atoms with van der Waals surface area (Å²) < 4.78 is 5.72. The van der Waals surface area contributed by atoms with Crippen molar-refractivity contribution in [3.8, 4) is 0 Å². The van der Waals surface area contributed by atoms with Crippen molar-refractivity contribution in [1.29, 1.82) is 0 Å². The van der Waals surface area contributed by atoms with Gasteiger partial charge in [0.15, 0.2) is 0 Å². The van der Waals surface area contributed by atoms with Crippen LogP contribution in [0, 0.1) is 0 Å². The molecular weight excluding hydrogens is 244 g/mol. The van der Waals surface area contributed by atoms with Gasteiger partial charge in [-0.25, -0.2) is 4.98 Å². The second-order valence-corrected chi connectivity index (χ2v) is 6.21. The van der Waals surface area contributed by atoms with Crippen LogP contribution in [0.2, 0.25) is 0 Å². The van der Waals surface area contributed by atoms with Gasteiger partial charge in [-0.15, -0.1) is 11.3 Å². The smallest absolute Gasteiger partial charge is 0.0954 e. The molecule has 0 aromatic carbocycles. The van der Waals surface area contributed by atoms with Crippen LogP contribution in [-0.2, 0) is 11.3 Å². The van der Waals surface area contributed by atoms with E-state index in [1.165, 1.54) is 30.8 Å². The Balaban J connectivity index is 1.62. The Hall–Kier alpha value is -0.450. The summed E-state index contributed by atoms with van der Waals surface area (Å²) in [6.07, 6.45) is 5.12. The van der Waals surface area contributed by atoms with Crippen LogP contribution in [0.15, 0.2) is 5.38 Å². The fraction of sp³-hybridized carbons (Fsp3) is 0.786. The lowest BCUT2D eigenvalue weighted by Crippen LogP contribution is -2.34. The van der Waals surface area contributed by atoms with Crippen molar-refractivity contribution in [3.05, 3.63) is 16.1 Å². The lowest BCUT2D eigenvalue weighted by Gasteiger charge is -2.23. The van der Waals surface area contributed by atoms with Gasteiger partial charge in [-0.05, 0) is 25.8 Å². The Labute approximate surface area is 114 Å². The number of rotatable bonds is 6. The fourth-order valence-electron chi connectivity index (χ4n) is 2.23. The molecule has 1 atom stereocenters. The average molecular weight is 268 g/mol. The van der Waals surface area contributed by atoms with E-state index in [4.69, 9.17) is 4.74 Å². The Bertz CT molecular complexity index is 345. The summed E-state index contributed by atoms with van der Waals surface area (Å²) in [5.41, 5.74) is 1.08. The lowest BCUT2D eigenvalue weighted by molar-refractivity contribution is 0.106. The van der Waals surface area contributed by atoms with E-state index in [1.807, 2.05) is 0 Å². The first-order valence-corrected chi connectivity index (χ1v) is 7.89. The monoisotopic (exact) mass is 268 g/mol. The summed E-state index contributed by atoms with van der Waals surface area (Å²) in [6, 6.07) is 0.667. The highest BCUT2D eigenvalue weighted by Crippen LogP contribution is 2.19. The van der Waals surface area contributed by atoms with E-state index in [1.54, 1.807) is 11.3 Å². The molecular formula is C14H24N2OS. The van der Waals surface area contributed by atoms with Crippen LogP contribution < -0.4 is 5.32 Å². The van der Waals surface area contributed by atoms with Gasteiger partial charge in [0.05, 0.1) is 17.3 Å². The molecule has 18 heavy (non-hydrogen) atoms. The number of ether oxygens (including phenoxy) is 1. The molecule has 1 saturated heterocycles. The number of hydrogen-bond donors (Lipinski definition) is 1. The van der Waals surface area contributed by atoms with Gasteiger partial charge in [-0.2, -0.15) is 0 Å². The Morgan fingerprint density at radius 2 is 2.39 bits per heavy atom. The summed E-state index contributed by atoms with van der Waals surface area (Å²) in [6.45, 7) is 7.03. The topological polar surface area (TPSA) is 34.1 Å². The standard InChI is InChI=1S/C14H24N2OS/c1-11(2)14-16-13(10-18-14)9-17-8-6-12-5-3-4-7-15-12/h10-12,15H,3-9H2,1-2H3. The van der Waals surface area contributed by atoms with Gasteiger partial charge in [-0.3, -0.25) is 0 Å². The van der Waals surface area contributed by atoms with Gasteiger partial charge in [0.2, 0.25) is 0 Å². The van der Waals surface area contributed by atoms with Crippen molar-refractivity contribution in [1.82, 2.24) is 10.3 Å². The molecule has 0 aliphatic carbocycles. The highest BCUT2D eigenvalue weighted by molar-refractivity contribution is 7.09. The lowest BCUT2D eigenvalue weighted by atomic mass is 10.0. The molecule has 4 heteroatoms. The van der Waals surface area contributed by atoms with Crippen molar-refractivity contribution < 1.29 is 4.74 Å². The van der Waals surface area contributed by atoms with Crippen molar-refractivity contribution in [3.63, 3.8) is 0 Å². The third-order valence-corrected chi connectivity index (χ3v) is 4.53. The molecule has 0 amide bonds. The number of aromatic nitrogens is 1. The van der Waals surface area contributed by atoms with Crippen LogP contribution in [-0.4, -0.2) is 24.2 Å². The molecule has 1 aliphatic rings. The third kappa shape index (κ3) is 4.34. The third-order valence-electron chi connectivity index (χ3n) is 3.34. The molecule has 1 aliphatic heterocycles. The summed E-state index contributed by atoms with van der Waals surface area (Å²) in [7, 11) is 0. The van der Waals surface area contributed by atoms with E-state index in [0.29, 0.717) is 18.6 Å². The molecule has 1 fully saturated rings. The Morgan fingerprint density at radius 3 is 3.06 bits per heavy atom. The average Bonchev–Trinajstić information content (AvgIpc) is 2.85. The first kappa shape index (κ1) is 14.0. The van der Waals surface area contributed by atoms with Gasteiger partial charge in [0.1, 0.15) is 0 Å². The SMILES string of the molecule is CC(C)c1nc(COCCC2CCCCN2)cs1. The van der Waals surface area contributed by atoms with E-state index < -0.39 is 0 Å². The van der Waals surface area contributed by atoms with Crippen molar-refractivity contribution in [2.45, 2.75) is 58.1 Å². The number of hydrogen-bond acceptors (Lipinski definition) is 4. The molecule has 0 radical (unpaired) electrons. The number of piperidine rings is 1. The Kier molecular flexibility index (Phi) is 5.60. The zero-order chi connectivity index (χ0) is 12.8. The van der Waals surface area contributed by atoms with E-state index in [-0.39, 0.29) is 0 Å². The van der Waals surface area contributed by atoms with Gasteiger partial charge in [0, 0.05) is 23.9 Å². The first-order valence-electron chi connectivity index (χ1n) is 7.01. The van der Waals surface area contributed by atoms with E-state index in [2.05, 4.69) is 29.5 Å². The van der Waals surface area contributed by atoms with Gasteiger partial charge in [0.25, 0.3) is 0 Å². The molecule has 1 unspecified atom stereocenters. The van der Waals surface area contributed by atoms with Crippen LogP contribution >= 0.6 is 11.3 Å². The molecule has 0 saturated carbocycles. The van der Waals surface area contributed by atoms with Gasteiger partial charge < -0.3 is 10.1 Å². The Morgan fingerprint density at radius 1 is 1.50 bits per heavy atom. The van der Waals surface area contributed by atoms with Crippen molar-refractivity contribution in [2.24, 2.45) is 0 Å². The molecule has 2 heterocycles. The van der Waals surface area contributed by atoms with Crippen molar-refractivity contribution in [2.75, 3.05) is 13.2 Å². The van der Waals surface area contributed by atoms with E-state index >= 15 is 0 Å². The quantitative estimate of drug-likeness (QED) is 0.804. The molecule has 3 nitrogen and oxygen atoms in total. The zero-order valence-electron chi connectivity index (χ0n) is 11.4. The maximum absolute atomic E-state index is 5.72. The first-order chi connectivity index (χ1) is 8.75. The largest absolute Gasteiger partial charge is 0.375 e. The van der Waals surface area contributed by atoms with Crippen molar-refractivity contribution >= 4 is 11.3 Å². The maximum atomic E-state index is 5.72.